The Morgan fingerprint density at radius 1 is 1.40 bits per heavy atom. The molecule has 1 rings (SSSR count). The lowest BCUT2D eigenvalue weighted by Crippen LogP contribution is -2.37. The Hall–Kier alpha value is -0.450. The van der Waals surface area contributed by atoms with Gasteiger partial charge >= 0.3 is 0 Å². The third-order valence-electron chi connectivity index (χ3n) is 2.03. The summed E-state index contributed by atoms with van der Waals surface area (Å²) in [5, 5.41) is 9.08. The van der Waals surface area contributed by atoms with E-state index >= 15 is 0 Å². The first-order valence-corrected chi connectivity index (χ1v) is 5.95. The standard InChI is InChI=1S/C11H14BrNOS/c1-8(2)13(11(15)7-14)10-5-3-9(12)4-6-10/h3-6,8,14H,7H2,1-2H3. The molecule has 0 saturated heterocycles. The second-order valence-corrected chi connectivity index (χ2v) is 4.88. The summed E-state index contributed by atoms with van der Waals surface area (Å²) in [5.74, 6) is 0. The average molecular weight is 288 g/mol. The van der Waals surface area contributed by atoms with E-state index in [1.807, 2.05) is 43.0 Å². The van der Waals surface area contributed by atoms with Crippen molar-refractivity contribution < 1.29 is 5.11 Å². The zero-order valence-electron chi connectivity index (χ0n) is 8.77. The van der Waals surface area contributed by atoms with Gasteiger partial charge in [-0.3, -0.25) is 0 Å². The number of thiocarbonyl (C=S) groups is 1. The summed E-state index contributed by atoms with van der Waals surface area (Å²) in [6.45, 7) is 4.00. The lowest BCUT2D eigenvalue weighted by molar-refractivity contribution is 0.357. The normalized spacial score (nSPS) is 10.5. The van der Waals surface area contributed by atoms with Gasteiger partial charge in [-0.2, -0.15) is 0 Å². The van der Waals surface area contributed by atoms with E-state index in [4.69, 9.17) is 17.3 Å². The van der Waals surface area contributed by atoms with Crippen LogP contribution in [0.25, 0.3) is 0 Å². The second kappa shape index (κ2) is 5.58. The highest BCUT2D eigenvalue weighted by molar-refractivity contribution is 9.10. The van der Waals surface area contributed by atoms with E-state index < -0.39 is 0 Å². The number of halogens is 1. The summed E-state index contributed by atoms with van der Waals surface area (Å²) >= 11 is 8.52. The fourth-order valence-electron chi connectivity index (χ4n) is 1.41. The van der Waals surface area contributed by atoms with Crippen molar-refractivity contribution in [2.24, 2.45) is 0 Å². The SMILES string of the molecule is CC(C)N(C(=S)CO)c1ccc(Br)cc1. The summed E-state index contributed by atoms with van der Waals surface area (Å²) in [6.07, 6.45) is 0. The van der Waals surface area contributed by atoms with Crippen LogP contribution >= 0.6 is 28.1 Å². The molecule has 0 saturated carbocycles. The van der Waals surface area contributed by atoms with Crippen LogP contribution in [-0.4, -0.2) is 22.7 Å². The Balaban J connectivity index is 2.99. The molecule has 0 unspecified atom stereocenters. The van der Waals surface area contributed by atoms with Crippen LogP contribution in [-0.2, 0) is 0 Å². The molecule has 82 valence electrons. The van der Waals surface area contributed by atoms with Crippen LogP contribution in [0, 0.1) is 0 Å². The van der Waals surface area contributed by atoms with Gasteiger partial charge in [0.05, 0.1) is 6.61 Å². The van der Waals surface area contributed by atoms with Crippen molar-refractivity contribution in [1.82, 2.24) is 0 Å². The van der Waals surface area contributed by atoms with Crippen molar-refractivity contribution in [2.75, 3.05) is 11.5 Å². The minimum absolute atomic E-state index is 0.0937. The molecule has 0 aliphatic rings. The summed E-state index contributed by atoms with van der Waals surface area (Å²) in [5.41, 5.74) is 1.01. The van der Waals surface area contributed by atoms with Gasteiger partial charge in [0.15, 0.2) is 0 Å². The molecule has 1 aromatic rings. The molecule has 0 spiro atoms. The third kappa shape index (κ3) is 3.26. The van der Waals surface area contributed by atoms with E-state index in [0.29, 0.717) is 4.99 Å². The Bertz CT molecular complexity index is 337. The maximum atomic E-state index is 9.08. The van der Waals surface area contributed by atoms with E-state index in [2.05, 4.69) is 15.9 Å². The van der Waals surface area contributed by atoms with Crippen molar-refractivity contribution in [3.05, 3.63) is 28.7 Å². The molecule has 4 heteroatoms. The maximum absolute atomic E-state index is 9.08. The average Bonchev–Trinajstić information content (AvgIpc) is 2.20. The topological polar surface area (TPSA) is 23.5 Å². The first kappa shape index (κ1) is 12.6. The molecule has 1 N–H and O–H groups in total. The molecule has 0 bridgehead atoms. The van der Waals surface area contributed by atoms with Crippen LogP contribution in [0.1, 0.15) is 13.8 Å². The summed E-state index contributed by atoms with van der Waals surface area (Å²) in [4.78, 5) is 2.49. The Labute approximate surface area is 104 Å². The molecule has 0 aromatic heterocycles. The van der Waals surface area contributed by atoms with Gasteiger partial charge < -0.3 is 10.0 Å². The second-order valence-electron chi connectivity index (χ2n) is 3.49. The fraction of sp³-hybridized carbons (Fsp3) is 0.364. The molecule has 0 fully saturated rings. The van der Waals surface area contributed by atoms with Crippen LogP contribution in [0.3, 0.4) is 0 Å². The number of aliphatic hydroxyl groups is 1. The number of aliphatic hydroxyl groups excluding tert-OH is 1. The predicted molar refractivity (Wildman–Crippen MR) is 71.4 cm³/mol. The van der Waals surface area contributed by atoms with Crippen LogP contribution in [0.15, 0.2) is 28.7 Å². The molecule has 15 heavy (non-hydrogen) atoms. The summed E-state index contributed by atoms with van der Waals surface area (Å²) in [7, 11) is 0. The van der Waals surface area contributed by atoms with Gasteiger partial charge in [0.1, 0.15) is 4.99 Å². The highest BCUT2D eigenvalue weighted by atomic mass is 79.9. The van der Waals surface area contributed by atoms with Crippen LogP contribution in [0.5, 0.6) is 0 Å². The molecule has 2 nitrogen and oxygen atoms in total. The molecular formula is C11H14BrNOS. The van der Waals surface area contributed by atoms with Crippen molar-refractivity contribution in [2.45, 2.75) is 19.9 Å². The highest BCUT2D eigenvalue weighted by Crippen LogP contribution is 2.20. The van der Waals surface area contributed by atoms with E-state index in [9.17, 15) is 0 Å². The monoisotopic (exact) mass is 287 g/mol. The zero-order chi connectivity index (χ0) is 11.4. The van der Waals surface area contributed by atoms with Gasteiger partial charge in [0.2, 0.25) is 0 Å². The summed E-state index contributed by atoms with van der Waals surface area (Å²) < 4.78 is 1.03. The van der Waals surface area contributed by atoms with Gasteiger partial charge in [-0.05, 0) is 38.1 Å². The number of hydrogen-bond donors (Lipinski definition) is 1. The van der Waals surface area contributed by atoms with E-state index in [1.54, 1.807) is 0 Å². The lowest BCUT2D eigenvalue weighted by Gasteiger charge is -2.28. The van der Waals surface area contributed by atoms with Gasteiger partial charge in [-0.1, -0.05) is 28.1 Å². The van der Waals surface area contributed by atoms with Crippen molar-refractivity contribution >= 4 is 38.8 Å². The first-order chi connectivity index (χ1) is 7.06. The van der Waals surface area contributed by atoms with Crippen LogP contribution in [0.2, 0.25) is 0 Å². The van der Waals surface area contributed by atoms with Gasteiger partial charge in [0.25, 0.3) is 0 Å². The molecular weight excluding hydrogens is 274 g/mol. The van der Waals surface area contributed by atoms with Crippen molar-refractivity contribution in [3.63, 3.8) is 0 Å². The van der Waals surface area contributed by atoms with Gasteiger partial charge in [0, 0.05) is 16.2 Å². The molecule has 0 aliphatic heterocycles. The maximum Gasteiger partial charge on any atom is 0.108 e. The number of hydrogen-bond acceptors (Lipinski definition) is 2. The number of anilines is 1. The lowest BCUT2D eigenvalue weighted by atomic mass is 10.2. The minimum Gasteiger partial charge on any atom is -0.389 e. The number of rotatable bonds is 3. The van der Waals surface area contributed by atoms with Crippen LogP contribution < -0.4 is 4.90 Å². The Morgan fingerprint density at radius 3 is 2.33 bits per heavy atom. The van der Waals surface area contributed by atoms with Crippen LogP contribution in [0.4, 0.5) is 5.69 Å². The largest absolute Gasteiger partial charge is 0.389 e. The molecule has 0 amide bonds. The molecule has 1 aromatic carbocycles. The molecule has 0 atom stereocenters. The van der Waals surface area contributed by atoms with Gasteiger partial charge in [-0.15, -0.1) is 0 Å². The van der Waals surface area contributed by atoms with E-state index in [-0.39, 0.29) is 12.6 Å². The highest BCUT2D eigenvalue weighted by Gasteiger charge is 2.14. The van der Waals surface area contributed by atoms with Crippen molar-refractivity contribution in [3.8, 4) is 0 Å². The van der Waals surface area contributed by atoms with Crippen molar-refractivity contribution in [1.29, 1.82) is 0 Å². The Kier molecular flexibility index (Phi) is 4.70. The predicted octanol–water partition coefficient (Wildman–Crippen LogP) is 2.98. The third-order valence-corrected chi connectivity index (χ3v) is 2.88. The number of nitrogens with zero attached hydrogens (tertiary/aromatic N) is 1. The first-order valence-electron chi connectivity index (χ1n) is 4.74. The van der Waals surface area contributed by atoms with Gasteiger partial charge in [-0.25, -0.2) is 0 Å². The zero-order valence-corrected chi connectivity index (χ0v) is 11.2. The van der Waals surface area contributed by atoms with E-state index in [0.717, 1.165) is 10.2 Å². The Morgan fingerprint density at radius 2 is 1.93 bits per heavy atom. The fourth-order valence-corrected chi connectivity index (χ4v) is 1.99. The number of benzene rings is 1. The minimum atomic E-state index is -0.0937. The molecule has 0 radical (unpaired) electrons. The van der Waals surface area contributed by atoms with E-state index in [1.165, 1.54) is 0 Å². The molecule has 0 heterocycles. The quantitative estimate of drug-likeness (QED) is 0.865. The molecule has 0 aliphatic carbocycles. The summed E-state index contributed by atoms with van der Waals surface area (Å²) in [6, 6.07) is 8.12. The smallest absolute Gasteiger partial charge is 0.108 e.